The molecule has 0 aromatic carbocycles. The molecular weight excluding hydrogens is 332 g/mol. The summed E-state index contributed by atoms with van der Waals surface area (Å²) in [5.74, 6) is 0. The summed E-state index contributed by atoms with van der Waals surface area (Å²) in [6.45, 7) is 2.01. The molecule has 0 amide bonds. The highest BCUT2D eigenvalue weighted by molar-refractivity contribution is 9.14. The molecule has 0 saturated carbocycles. The van der Waals surface area contributed by atoms with Gasteiger partial charge in [-0.05, 0) is 56.2 Å². The van der Waals surface area contributed by atoms with Gasteiger partial charge in [-0.2, -0.15) is 0 Å². The molecule has 16 heavy (non-hydrogen) atoms. The minimum absolute atomic E-state index is 0.997. The lowest BCUT2D eigenvalue weighted by molar-refractivity contribution is 0.328. The van der Waals surface area contributed by atoms with E-state index in [2.05, 4.69) is 78.2 Å². The summed E-state index contributed by atoms with van der Waals surface area (Å²) in [4.78, 5) is 4.58. The Morgan fingerprint density at radius 2 is 1.81 bits per heavy atom. The van der Waals surface area contributed by atoms with Gasteiger partial charge in [-0.3, -0.25) is 0 Å². The average Bonchev–Trinajstić information content (AvgIpc) is 2.33. The second-order valence-corrected chi connectivity index (χ2v) is 5.39. The monoisotopic (exact) mass is 340 g/mol. The molecule has 3 aliphatic rings. The minimum atomic E-state index is 0.997. The normalized spacial score (nSPS) is 22.9. The van der Waals surface area contributed by atoms with Crippen molar-refractivity contribution in [2.75, 3.05) is 13.1 Å². The second kappa shape index (κ2) is 3.93. The highest BCUT2D eigenvalue weighted by Crippen LogP contribution is 2.36. The first kappa shape index (κ1) is 10.4. The molecule has 0 aliphatic carbocycles. The number of halogens is 2. The highest BCUT2D eigenvalue weighted by atomic mass is 79.9. The summed E-state index contributed by atoms with van der Waals surface area (Å²) in [5, 5.41) is 0. The van der Waals surface area contributed by atoms with E-state index in [1.165, 1.54) is 11.4 Å². The first-order valence-electron chi connectivity index (χ1n) is 5.14. The quantitative estimate of drug-likeness (QED) is 0.623. The molecule has 2 nitrogen and oxygen atoms in total. The number of rotatable bonds is 0. The fourth-order valence-electron chi connectivity index (χ4n) is 2.10. The molecule has 3 rings (SSSR count). The molecule has 0 radical (unpaired) electrons. The summed E-state index contributed by atoms with van der Waals surface area (Å²) in [7, 11) is 0. The molecule has 0 spiro atoms. The maximum absolute atomic E-state index is 3.62. The Balaban J connectivity index is 2.11. The maximum atomic E-state index is 3.62. The SMILES string of the molecule is BrC1=C(Br)N2CCN3C=CC=CC3=C2C=C1. The molecule has 0 bridgehead atoms. The van der Waals surface area contributed by atoms with Gasteiger partial charge in [0.15, 0.2) is 0 Å². The van der Waals surface area contributed by atoms with Crippen molar-refractivity contribution in [3.63, 3.8) is 0 Å². The molecule has 0 aromatic heterocycles. The van der Waals surface area contributed by atoms with Crippen LogP contribution in [-0.2, 0) is 0 Å². The van der Waals surface area contributed by atoms with Crippen LogP contribution in [0.2, 0.25) is 0 Å². The third kappa shape index (κ3) is 1.52. The highest BCUT2D eigenvalue weighted by Gasteiger charge is 2.26. The van der Waals surface area contributed by atoms with Crippen LogP contribution in [0, 0.1) is 0 Å². The lowest BCUT2D eigenvalue weighted by Gasteiger charge is -2.39. The fraction of sp³-hybridized carbons (Fsp3) is 0.167. The van der Waals surface area contributed by atoms with Crippen molar-refractivity contribution >= 4 is 31.9 Å². The van der Waals surface area contributed by atoms with E-state index in [0.717, 1.165) is 22.2 Å². The smallest absolute Gasteiger partial charge is 0.0995 e. The van der Waals surface area contributed by atoms with Crippen LogP contribution in [0.15, 0.2) is 57.1 Å². The Bertz CT molecular complexity index is 483. The molecule has 0 N–H and O–H groups in total. The van der Waals surface area contributed by atoms with Crippen molar-refractivity contribution in [1.29, 1.82) is 0 Å². The number of hydrogen-bond acceptors (Lipinski definition) is 2. The molecule has 0 fully saturated rings. The lowest BCUT2D eigenvalue weighted by Crippen LogP contribution is -2.38. The number of allylic oxidation sites excluding steroid dienone is 6. The summed E-state index contributed by atoms with van der Waals surface area (Å²) in [6, 6.07) is 0. The van der Waals surface area contributed by atoms with E-state index < -0.39 is 0 Å². The van der Waals surface area contributed by atoms with Crippen molar-refractivity contribution in [2.24, 2.45) is 0 Å². The van der Waals surface area contributed by atoms with E-state index in [0.29, 0.717) is 0 Å². The van der Waals surface area contributed by atoms with Crippen molar-refractivity contribution in [1.82, 2.24) is 9.80 Å². The van der Waals surface area contributed by atoms with Crippen LogP contribution < -0.4 is 0 Å². The van der Waals surface area contributed by atoms with Gasteiger partial charge in [0.1, 0.15) is 0 Å². The third-order valence-electron chi connectivity index (χ3n) is 2.88. The van der Waals surface area contributed by atoms with Gasteiger partial charge in [0.05, 0.1) is 16.0 Å². The van der Waals surface area contributed by atoms with Gasteiger partial charge in [0.2, 0.25) is 0 Å². The predicted molar refractivity (Wildman–Crippen MR) is 72.7 cm³/mol. The second-order valence-electron chi connectivity index (χ2n) is 3.79. The first-order valence-corrected chi connectivity index (χ1v) is 6.72. The van der Waals surface area contributed by atoms with Crippen molar-refractivity contribution in [2.45, 2.75) is 0 Å². The summed E-state index contributed by atoms with van der Waals surface area (Å²) in [6.07, 6.45) is 12.7. The molecule has 3 heterocycles. The van der Waals surface area contributed by atoms with Crippen LogP contribution in [0.5, 0.6) is 0 Å². The topological polar surface area (TPSA) is 6.48 Å². The largest absolute Gasteiger partial charge is 0.345 e. The molecule has 0 saturated heterocycles. The molecule has 0 aromatic rings. The number of fused-ring (bicyclic) bond motifs is 2. The van der Waals surface area contributed by atoms with Gasteiger partial charge in [0.25, 0.3) is 0 Å². The Hall–Kier alpha value is -0.740. The zero-order valence-corrected chi connectivity index (χ0v) is 11.7. The summed E-state index contributed by atoms with van der Waals surface area (Å²) in [5.41, 5.74) is 2.52. The first-order chi connectivity index (χ1) is 7.77. The standard InChI is InChI=1S/C12H10Br2N2/c13-9-4-5-11-10-3-1-2-6-15(10)7-8-16(11)12(9)14/h1-6H,7-8H2. The summed E-state index contributed by atoms with van der Waals surface area (Å²) < 4.78 is 2.21. The molecule has 0 atom stereocenters. The van der Waals surface area contributed by atoms with Crippen molar-refractivity contribution in [3.8, 4) is 0 Å². The van der Waals surface area contributed by atoms with Gasteiger partial charge in [0, 0.05) is 23.8 Å². The van der Waals surface area contributed by atoms with Gasteiger partial charge < -0.3 is 9.80 Å². The summed E-state index contributed by atoms with van der Waals surface area (Å²) >= 11 is 7.16. The van der Waals surface area contributed by atoms with E-state index >= 15 is 0 Å². The Morgan fingerprint density at radius 1 is 0.938 bits per heavy atom. The van der Waals surface area contributed by atoms with Crippen molar-refractivity contribution < 1.29 is 0 Å². The van der Waals surface area contributed by atoms with Gasteiger partial charge in [-0.1, -0.05) is 6.08 Å². The lowest BCUT2D eigenvalue weighted by atomic mass is 10.1. The van der Waals surface area contributed by atoms with E-state index in [1.807, 2.05) is 0 Å². The van der Waals surface area contributed by atoms with E-state index in [1.54, 1.807) is 0 Å². The molecular formula is C12H10Br2N2. The van der Waals surface area contributed by atoms with E-state index in [4.69, 9.17) is 0 Å². The Morgan fingerprint density at radius 3 is 2.69 bits per heavy atom. The average molecular weight is 342 g/mol. The fourth-order valence-corrected chi connectivity index (χ4v) is 2.95. The van der Waals surface area contributed by atoms with Crippen LogP contribution in [-0.4, -0.2) is 22.9 Å². The van der Waals surface area contributed by atoms with Crippen molar-refractivity contribution in [3.05, 3.63) is 57.1 Å². The zero-order chi connectivity index (χ0) is 11.1. The Labute approximate surface area is 112 Å². The van der Waals surface area contributed by atoms with Crippen LogP contribution in [0.4, 0.5) is 0 Å². The number of nitrogens with zero attached hydrogens (tertiary/aromatic N) is 2. The predicted octanol–water partition coefficient (Wildman–Crippen LogP) is 3.43. The molecule has 82 valence electrons. The van der Waals surface area contributed by atoms with Gasteiger partial charge in [-0.15, -0.1) is 0 Å². The molecule has 0 unspecified atom stereocenters. The van der Waals surface area contributed by atoms with Crippen LogP contribution in [0.1, 0.15) is 0 Å². The molecule has 3 aliphatic heterocycles. The van der Waals surface area contributed by atoms with Crippen LogP contribution in [0.25, 0.3) is 0 Å². The van der Waals surface area contributed by atoms with E-state index in [-0.39, 0.29) is 0 Å². The van der Waals surface area contributed by atoms with Crippen LogP contribution >= 0.6 is 31.9 Å². The van der Waals surface area contributed by atoms with Gasteiger partial charge >= 0.3 is 0 Å². The van der Waals surface area contributed by atoms with E-state index in [9.17, 15) is 0 Å². The number of hydrogen-bond donors (Lipinski definition) is 0. The maximum Gasteiger partial charge on any atom is 0.0995 e. The third-order valence-corrected chi connectivity index (χ3v) is 4.91. The van der Waals surface area contributed by atoms with Crippen LogP contribution in [0.3, 0.4) is 0 Å². The molecule has 4 heteroatoms. The minimum Gasteiger partial charge on any atom is -0.345 e. The van der Waals surface area contributed by atoms with Gasteiger partial charge in [-0.25, -0.2) is 0 Å². The zero-order valence-electron chi connectivity index (χ0n) is 8.53. The Kier molecular flexibility index (Phi) is 2.56.